The van der Waals surface area contributed by atoms with E-state index in [1.165, 1.54) is 35.9 Å². The number of H-pyrrole nitrogens is 1. The van der Waals surface area contributed by atoms with E-state index in [0.717, 1.165) is 28.8 Å². The van der Waals surface area contributed by atoms with Crippen LogP contribution < -0.4 is 25.1 Å². The van der Waals surface area contributed by atoms with Gasteiger partial charge in [-0.1, -0.05) is 130 Å². The highest BCUT2D eigenvalue weighted by Crippen LogP contribution is 2.39. The molecule has 0 fully saturated rings. The molecule has 0 bridgehead atoms. The van der Waals surface area contributed by atoms with Gasteiger partial charge in [0, 0.05) is 17.1 Å². The molecule has 0 aliphatic carbocycles. The summed E-state index contributed by atoms with van der Waals surface area (Å²) in [5, 5.41) is 5.98. The lowest BCUT2D eigenvalue weighted by Crippen LogP contribution is -2.26. The lowest BCUT2D eigenvalue weighted by molar-refractivity contribution is 0.0926. The fourth-order valence-electron chi connectivity index (χ4n) is 5.78. The third-order valence-electron chi connectivity index (χ3n) is 10.1. The summed E-state index contributed by atoms with van der Waals surface area (Å²) >= 11 is 25.5. The van der Waals surface area contributed by atoms with Gasteiger partial charge in [0.05, 0.1) is 32.3 Å². The number of anilines is 2. The molecule has 11 nitrogen and oxygen atoms in total. The van der Waals surface area contributed by atoms with Crippen molar-refractivity contribution >= 4 is 74.1 Å². The first-order chi connectivity index (χ1) is 27.4. The molecule has 0 unspecified atom stereocenters. The maximum atomic E-state index is 13.8. The van der Waals surface area contributed by atoms with Gasteiger partial charge in [-0.2, -0.15) is 0 Å². The first kappa shape index (κ1) is 44.9. The summed E-state index contributed by atoms with van der Waals surface area (Å²) in [5.74, 6) is 0.0399. The molecular weight excluding hydrogens is 846 g/mol. The molecule has 0 spiro atoms. The summed E-state index contributed by atoms with van der Waals surface area (Å²) in [6, 6.07) is 21.9. The Labute approximate surface area is 358 Å². The number of hydrogen-bond donors (Lipinski definition) is 3. The van der Waals surface area contributed by atoms with Crippen LogP contribution in [0.15, 0.2) is 88.6 Å². The van der Waals surface area contributed by atoms with Crippen LogP contribution in [-0.2, 0) is 32.2 Å². The van der Waals surface area contributed by atoms with Crippen molar-refractivity contribution in [2.75, 3.05) is 18.5 Å². The predicted molar refractivity (Wildman–Crippen MR) is 232 cm³/mol. The zero-order valence-corrected chi connectivity index (χ0v) is 36.8. The van der Waals surface area contributed by atoms with E-state index in [1.807, 2.05) is 12.1 Å². The van der Waals surface area contributed by atoms with Crippen molar-refractivity contribution < 1.29 is 27.4 Å². The molecule has 1 heterocycles. The lowest BCUT2D eigenvalue weighted by atomic mass is 9.76. The Morgan fingerprint density at radius 1 is 0.845 bits per heavy atom. The summed E-state index contributed by atoms with van der Waals surface area (Å²) in [6.45, 7) is 13.4. The molecule has 58 heavy (non-hydrogen) atoms. The highest BCUT2D eigenvalue weighted by atomic mass is 35.5. The van der Waals surface area contributed by atoms with Crippen LogP contribution in [0.25, 0.3) is 5.69 Å². The van der Waals surface area contributed by atoms with Crippen LogP contribution in [0.5, 0.6) is 11.5 Å². The average Bonchev–Trinajstić information content (AvgIpc) is 3.47. The second-order valence-corrected chi connectivity index (χ2v) is 18.3. The first-order valence-electron chi connectivity index (χ1n) is 18.6. The number of ether oxygens (including phenoxy) is 3. The second-order valence-electron chi connectivity index (χ2n) is 14.9. The number of sulfonamides is 1. The van der Waals surface area contributed by atoms with E-state index in [-0.39, 0.29) is 72.8 Å². The summed E-state index contributed by atoms with van der Waals surface area (Å²) in [7, 11) is -4.06. The highest BCUT2D eigenvalue weighted by Gasteiger charge is 2.28. The van der Waals surface area contributed by atoms with Gasteiger partial charge in [0.15, 0.2) is 5.82 Å². The Balaban J connectivity index is 1.34. The minimum atomic E-state index is -4.06. The number of nitrogens with one attached hydrogen (secondary N) is 3. The molecule has 0 saturated heterocycles. The Morgan fingerprint density at radius 3 is 2.17 bits per heavy atom. The largest absolute Gasteiger partial charge is 0.514 e. The SMILES string of the molecule is CCC(C)(C)c1ccc(OCCCNS(=O)(=O)c2ccc(Cl)c(Nc3[nH]n(-c4c(Cl)cc(Cl)cc4Cl)c(=O)c3OC(=O)OCc3ccccc3)c2)c(C(C)(C)CC)c1. The van der Waals surface area contributed by atoms with Gasteiger partial charge in [-0.3, -0.25) is 9.89 Å². The third kappa shape index (κ3) is 10.7. The molecule has 0 radical (unpaired) electrons. The number of carbonyl (C=O) groups is 1. The van der Waals surface area contributed by atoms with Crippen LogP contribution in [0.2, 0.25) is 20.1 Å². The van der Waals surface area contributed by atoms with Crippen molar-refractivity contribution in [1.29, 1.82) is 0 Å². The van der Waals surface area contributed by atoms with Gasteiger partial charge in [0.2, 0.25) is 15.8 Å². The van der Waals surface area contributed by atoms with Gasteiger partial charge in [-0.05, 0) is 77.6 Å². The number of rotatable bonds is 17. The zero-order valence-electron chi connectivity index (χ0n) is 33.0. The van der Waals surface area contributed by atoms with Gasteiger partial charge in [-0.15, -0.1) is 0 Å². The van der Waals surface area contributed by atoms with Crippen LogP contribution >= 0.6 is 46.4 Å². The maximum Gasteiger partial charge on any atom is 0.514 e. The summed E-state index contributed by atoms with van der Waals surface area (Å²) < 4.78 is 47.4. The van der Waals surface area contributed by atoms with Crippen molar-refractivity contribution in [1.82, 2.24) is 14.5 Å². The molecule has 5 aromatic rings. The number of benzene rings is 4. The van der Waals surface area contributed by atoms with Crippen LogP contribution in [0, 0.1) is 0 Å². The van der Waals surface area contributed by atoms with E-state index in [2.05, 4.69) is 68.8 Å². The van der Waals surface area contributed by atoms with E-state index in [4.69, 9.17) is 60.6 Å². The molecule has 0 amide bonds. The molecule has 3 N–H and O–H groups in total. The van der Waals surface area contributed by atoms with Crippen molar-refractivity contribution in [3.8, 4) is 17.2 Å². The molecule has 1 aromatic heterocycles. The summed E-state index contributed by atoms with van der Waals surface area (Å²) in [5.41, 5.74) is 2.10. The van der Waals surface area contributed by atoms with E-state index >= 15 is 0 Å². The Kier molecular flexibility index (Phi) is 14.6. The van der Waals surface area contributed by atoms with Crippen LogP contribution in [0.3, 0.4) is 0 Å². The third-order valence-corrected chi connectivity index (χ3v) is 12.7. The molecule has 310 valence electrons. The number of hydrogen-bond acceptors (Lipinski definition) is 8. The molecule has 0 atom stereocenters. The zero-order chi connectivity index (χ0) is 42.4. The van der Waals surface area contributed by atoms with E-state index < -0.39 is 27.5 Å². The minimum Gasteiger partial charge on any atom is -0.493 e. The standard InChI is InChI=1S/C42H46Cl4N4O7S/c1-7-41(3,4)27-15-18-35(30(21-27)42(5,6)8-2)55-20-12-19-47-58(53,54)29-16-17-31(44)34(24-29)48-38-37(57-40(52)56-25-26-13-10-9-11-14-26)39(51)50(49-38)36-32(45)22-28(43)23-33(36)46/h9-11,13-18,21-24,47-49H,7-8,12,19-20,25H2,1-6H3. The quantitative estimate of drug-likeness (QED) is 0.0619. The summed E-state index contributed by atoms with van der Waals surface area (Å²) in [6.07, 6.45) is 1.10. The second kappa shape index (κ2) is 18.8. The molecular formula is C42H46Cl4N4O7S. The Morgan fingerprint density at radius 2 is 1.52 bits per heavy atom. The van der Waals surface area contributed by atoms with Gasteiger partial charge < -0.3 is 19.5 Å². The Bertz CT molecular complexity index is 2410. The van der Waals surface area contributed by atoms with E-state index in [9.17, 15) is 18.0 Å². The molecule has 0 aliphatic rings. The molecule has 0 saturated carbocycles. The Hall–Kier alpha value is -4.17. The van der Waals surface area contributed by atoms with Crippen molar-refractivity contribution in [2.45, 2.75) is 83.1 Å². The smallest absolute Gasteiger partial charge is 0.493 e. The van der Waals surface area contributed by atoms with Crippen molar-refractivity contribution in [3.63, 3.8) is 0 Å². The van der Waals surface area contributed by atoms with Crippen LogP contribution in [-0.4, -0.2) is 37.5 Å². The van der Waals surface area contributed by atoms with Gasteiger partial charge in [0.1, 0.15) is 18.0 Å². The van der Waals surface area contributed by atoms with Gasteiger partial charge >= 0.3 is 11.7 Å². The number of aromatic amines is 1. The van der Waals surface area contributed by atoms with Crippen LogP contribution in [0.4, 0.5) is 16.3 Å². The topological polar surface area (TPSA) is 141 Å². The fraction of sp³-hybridized carbons (Fsp3) is 0.333. The van der Waals surface area contributed by atoms with Gasteiger partial charge in [-0.25, -0.2) is 22.6 Å². The highest BCUT2D eigenvalue weighted by molar-refractivity contribution is 7.89. The minimum absolute atomic E-state index is 0.00615. The summed E-state index contributed by atoms with van der Waals surface area (Å²) in [4.78, 5) is 26.5. The number of nitrogens with zero attached hydrogens (tertiary/aromatic N) is 1. The first-order valence-corrected chi connectivity index (χ1v) is 21.6. The number of carbonyl (C=O) groups excluding carboxylic acids is 1. The maximum absolute atomic E-state index is 13.8. The monoisotopic (exact) mass is 890 g/mol. The van der Waals surface area contributed by atoms with Crippen molar-refractivity contribution in [3.05, 3.63) is 126 Å². The molecule has 4 aromatic carbocycles. The lowest BCUT2D eigenvalue weighted by Gasteiger charge is -2.30. The van der Waals surface area contributed by atoms with Gasteiger partial charge in [0.25, 0.3) is 0 Å². The molecule has 16 heteroatoms. The van der Waals surface area contributed by atoms with Crippen LogP contribution in [0.1, 0.15) is 77.5 Å². The number of aromatic nitrogens is 2. The predicted octanol–water partition coefficient (Wildman–Crippen LogP) is 11.4. The van der Waals surface area contributed by atoms with Crippen molar-refractivity contribution in [2.24, 2.45) is 0 Å². The molecule has 5 rings (SSSR count). The van der Waals surface area contributed by atoms with E-state index in [1.54, 1.807) is 24.3 Å². The normalized spacial score (nSPS) is 12.0. The number of halogens is 4. The molecule has 0 aliphatic heterocycles. The van der Waals surface area contributed by atoms with E-state index in [0.29, 0.717) is 12.0 Å². The fourth-order valence-corrected chi connectivity index (χ4v) is 8.03. The average molecular weight is 893 g/mol.